The van der Waals surface area contributed by atoms with Crippen LogP contribution in [-0.4, -0.2) is 39.9 Å². The number of nitrogens with one attached hydrogen (secondary N) is 2. The van der Waals surface area contributed by atoms with E-state index in [0.717, 1.165) is 12.8 Å². The molecule has 0 aliphatic rings. The molecule has 0 atom stereocenters. The van der Waals surface area contributed by atoms with Gasteiger partial charge in [-0.2, -0.15) is 0 Å². The second kappa shape index (κ2) is 65.3. The molecule has 0 unspecified atom stereocenters. The summed E-state index contributed by atoms with van der Waals surface area (Å²) >= 11 is 0. The van der Waals surface area contributed by atoms with E-state index in [2.05, 4.69) is 23.3 Å². The number of hydrogen-bond acceptors (Lipinski definition) is 4. The number of aldehydes is 1. The van der Waals surface area contributed by atoms with Crippen molar-refractivity contribution in [3.63, 3.8) is 0 Å². The normalized spacial score (nSPS) is 5.19. The Hall–Kier alpha value is -0.940. The van der Waals surface area contributed by atoms with Crippen molar-refractivity contribution in [1.82, 2.24) is 10.6 Å². The van der Waals surface area contributed by atoms with Crippen LogP contribution in [0.15, 0.2) is 0 Å². The monoisotopic (exact) mass is 239 g/mol. The summed E-state index contributed by atoms with van der Waals surface area (Å²) in [6.07, 6.45) is 0.750. The van der Waals surface area contributed by atoms with Gasteiger partial charge in [-0.3, -0.25) is 4.79 Å². The molecule has 0 saturated carbocycles. The average molecular weight is 239 g/mol. The van der Waals surface area contributed by atoms with E-state index < -0.39 is 0 Å². The molecule has 0 aromatic heterocycles. The second-order valence-corrected chi connectivity index (χ2v) is 1.75. The van der Waals surface area contributed by atoms with Crippen LogP contribution in [0.5, 0.6) is 0 Å². The van der Waals surface area contributed by atoms with Gasteiger partial charge in [-0.05, 0) is 27.6 Å². The third-order valence-electron chi connectivity index (χ3n) is 0.706. The van der Waals surface area contributed by atoms with Gasteiger partial charge in [0, 0.05) is 14.0 Å². The van der Waals surface area contributed by atoms with Gasteiger partial charge in [0.25, 0.3) is 0 Å². The lowest BCUT2D eigenvalue weighted by Crippen LogP contribution is -2.11. The summed E-state index contributed by atoms with van der Waals surface area (Å²) in [5.41, 5.74) is 4.50. The van der Waals surface area contributed by atoms with Crippen molar-refractivity contribution in [2.45, 2.75) is 35.6 Å². The van der Waals surface area contributed by atoms with Crippen molar-refractivity contribution in [2.75, 3.05) is 27.7 Å². The van der Waals surface area contributed by atoms with Crippen LogP contribution in [0.25, 0.3) is 0 Å². The topological polar surface area (TPSA) is 84.2 Å². The van der Waals surface area contributed by atoms with Gasteiger partial charge in [-0.25, -0.2) is 0 Å². The average Bonchev–Trinajstić information content (AvgIpc) is 2.22. The summed E-state index contributed by atoms with van der Waals surface area (Å²) in [6.45, 7) is 6.06. The van der Waals surface area contributed by atoms with Gasteiger partial charge < -0.3 is 21.2 Å². The molecule has 0 aliphatic heterocycles. The first-order valence-corrected chi connectivity index (χ1v) is 4.41. The molecular weight excluding hydrogens is 206 g/mol. The summed E-state index contributed by atoms with van der Waals surface area (Å²) in [5.74, 6) is 0.00463. The van der Waals surface area contributed by atoms with Crippen molar-refractivity contribution < 1.29 is 9.59 Å². The molecule has 0 heterocycles. The maximum atomic E-state index is 9.70. The predicted molar refractivity (Wildman–Crippen MR) is 74.7 cm³/mol. The maximum absolute atomic E-state index is 9.70. The standard InChI is InChI=1S/C3H7NO.C3H9N.C2H4O.CH5N.2CH4/c1-3(5)4-2;1-3-4-2;1-2-3;1-2;;/h1-2H3,(H,4,5);4H,3H2,1-2H3;2H,1H3;2H2,1H3;2*1H4. The quantitative estimate of drug-likeness (QED) is 0.597. The second-order valence-electron chi connectivity index (χ2n) is 1.75. The molecule has 0 radical (unpaired) electrons. The van der Waals surface area contributed by atoms with Crippen molar-refractivity contribution in [2.24, 2.45) is 5.73 Å². The molecule has 0 saturated heterocycles. The number of carbonyl (C=O) groups excluding carboxylic acids is 2. The molecule has 0 rings (SSSR count). The highest BCUT2D eigenvalue weighted by atomic mass is 16.1. The van der Waals surface area contributed by atoms with Gasteiger partial charge >= 0.3 is 0 Å². The highest BCUT2D eigenvalue weighted by molar-refractivity contribution is 5.72. The molecule has 5 nitrogen and oxygen atoms in total. The summed E-state index contributed by atoms with van der Waals surface area (Å²) in [7, 11) is 5.03. The van der Waals surface area contributed by atoms with E-state index in [1.807, 2.05) is 7.05 Å². The first-order chi connectivity index (χ1) is 6.60. The molecule has 0 aliphatic carbocycles. The van der Waals surface area contributed by atoms with Crippen molar-refractivity contribution in [3.8, 4) is 0 Å². The van der Waals surface area contributed by atoms with Gasteiger partial charge in [-0.15, -0.1) is 0 Å². The number of carbonyl (C=O) groups is 2. The molecule has 0 aromatic rings. The number of nitrogens with two attached hydrogens (primary N) is 1. The van der Waals surface area contributed by atoms with Crippen LogP contribution >= 0.6 is 0 Å². The Kier molecular flexibility index (Phi) is 148. The van der Waals surface area contributed by atoms with Crippen molar-refractivity contribution in [1.29, 1.82) is 0 Å². The largest absolute Gasteiger partial charge is 0.359 e. The van der Waals surface area contributed by atoms with Crippen LogP contribution in [0.3, 0.4) is 0 Å². The Labute approximate surface area is 102 Å². The molecule has 5 heteroatoms. The molecule has 0 spiro atoms. The fraction of sp³-hybridized carbons (Fsp3) is 0.818. The van der Waals surface area contributed by atoms with Crippen LogP contribution in [0.4, 0.5) is 0 Å². The van der Waals surface area contributed by atoms with Crippen LogP contribution in [0, 0.1) is 0 Å². The Morgan fingerprint density at radius 3 is 1.38 bits per heavy atom. The number of hydrogen-bond donors (Lipinski definition) is 3. The number of amides is 1. The van der Waals surface area contributed by atoms with Crippen LogP contribution in [0.1, 0.15) is 35.6 Å². The highest BCUT2D eigenvalue weighted by Gasteiger charge is 1.72. The summed E-state index contributed by atoms with van der Waals surface area (Å²) in [6, 6.07) is 0. The Balaban J connectivity index is -0.0000000210. The minimum absolute atomic E-state index is 0. The van der Waals surface area contributed by atoms with Gasteiger partial charge in [0.05, 0.1) is 0 Å². The van der Waals surface area contributed by atoms with E-state index in [-0.39, 0.29) is 20.8 Å². The van der Waals surface area contributed by atoms with Gasteiger partial charge in [0.2, 0.25) is 5.91 Å². The van der Waals surface area contributed by atoms with E-state index in [9.17, 15) is 4.79 Å². The zero-order valence-electron chi connectivity index (χ0n) is 10.2. The highest BCUT2D eigenvalue weighted by Crippen LogP contribution is 1.45. The van der Waals surface area contributed by atoms with E-state index >= 15 is 0 Å². The SMILES string of the molecule is C.C.CC=O.CCNC.CN.CNC(C)=O. The van der Waals surface area contributed by atoms with Crippen molar-refractivity contribution in [3.05, 3.63) is 0 Å². The first kappa shape index (κ1) is 36.3. The van der Waals surface area contributed by atoms with Crippen LogP contribution < -0.4 is 16.4 Å². The lowest BCUT2D eigenvalue weighted by Gasteiger charge is -1.80. The lowest BCUT2D eigenvalue weighted by atomic mass is 10.7. The molecule has 1 amide bonds. The molecule has 4 N–H and O–H groups in total. The van der Waals surface area contributed by atoms with E-state index in [0.29, 0.717) is 0 Å². The Morgan fingerprint density at radius 1 is 1.25 bits per heavy atom. The first-order valence-electron chi connectivity index (χ1n) is 4.41. The van der Waals surface area contributed by atoms with Crippen LogP contribution in [-0.2, 0) is 9.59 Å². The third-order valence-corrected chi connectivity index (χ3v) is 0.706. The summed E-state index contributed by atoms with van der Waals surface area (Å²) in [5, 5.41) is 5.32. The predicted octanol–water partition coefficient (Wildman–Crippen LogP) is 1.03. The fourth-order valence-electron chi connectivity index (χ4n) is 0. The van der Waals surface area contributed by atoms with Crippen molar-refractivity contribution >= 4 is 12.2 Å². The molecule has 0 bridgehead atoms. The molecule has 16 heavy (non-hydrogen) atoms. The minimum atomic E-state index is 0. The maximum Gasteiger partial charge on any atom is 0.216 e. The summed E-state index contributed by atoms with van der Waals surface area (Å²) in [4.78, 5) is 18.5. The minimum Gasteiger partial charge on any atom is -0.359 e. The molecular formula is C11H33N3O2. The van der Waals surface area contributed by atoms with E-state index in [4.69, 9.17) is 4.79 Å². The van der Waals surface area contributed by atoms with Gasteiger partial charge in [0.1, 0.15) is 6.29 Å². The zero-order valence-corrected chi connectivity index (χ0v) is 10.2. The van der Waals surface area contributed by atoms with Gasteiger partial charge in [-0.1, -0.05) is 21.8 Å². The Morgan fingerprint density at radius 2 is 1.38 bits per heavy atom. The molecule has 104 valence electrons. The molecule has 0 aromatic carbocycles. The van der Waals surface area contributed by atoms with Gasteiger partial charge in [0.15, 0.2) is 0 Å². The van der Waals surface area contributed by atoms with Crippen LogP contribution in [0.2, 0.25) is 0 Å². The van der Waals surface area contributed by atoms with E-state index in [1.165, 1.54) is 20.9 Å². The Bertz CT molecular complexity index is 97.2. The smallest absolute Gasteiger partial charge is 0.216 e. The lowest BCUT2D eigenvalue weighted by molar-refractivity contribution is -0.118. The number of rotatable bonds is 1. The fourth-order valence-corrected chi connectivity index (χ4v) is 0. The zero-order chi connectivity index (χ0) is 12.4. The van der Waals surface area contributed by atoms with E-state index in [1.54, 1.807) is 7.05 Å². The summed E-state index contributed by atoms with van der Waals surface area (Å²) < 4.78 is 0. The third kappa shape index (κ3) is 448. The molecule has 0 fully saturated rings.